The van der Waals surface area contributed by atoms with Gasteiger partial charge >= 0.3 is 0 Å². The van der Waals surface area contributed by atoms with Crippen LogP contribution in [0, 0.1) is 5.92 Å². The SMILES string of the molecule is CC(OCC1CC1)C(=O)Nc1cc(C(C)(C)C)nn1C(C)(C)C. The molecule has 0 saturated heterocycles. The maximum absolute atomic E-state index is 12.4. The van der Waals surface area contributed by atoms with E-state index in [1.54, 1.807) is 6.92 Å². The molecule has 1 unspecified atom stereocenters. The number of nitrogens with zero attached hydrogens (tertiary/aromatic N) is 2. The van der Waals surface area contributed by atoms with Crippen molar-refractivity contribution in [1.82, 2.24) is 9.78 Å². The van der Waals surface area contributed by atoms with Crippen molar-refractivity contribution < 1.29 is 9.53 Å². The van der Waals surface area contributed by atoms with Gasteiger partial charge in [0.1, 0.15) is 11.9 Å². The van der Waals surface area contributed by atoms with Crippen molar-refractivity contribution in [1.29, 1.82) is 0 Å². The average molecular weight is 321 g/mol. The number of ether oxygens (including phenoxy) is 1. The van der Waals surface area contributed by atoms with Gasteiger partial charge in [-0.2, -0.15) is 5.10 Å². The Morgan fingerprint density at radius 2 is 1.96 bits per heavy atom. The lowest BCUT2D eigenvalue weighted by atomic mass is 9.92. The fourth-order valence-electron chi connectivity index (χ4n) is 2.22. The molecule has 0 bridgehead atoms. The summed E-state index contributed by atoms with van der Waals surface area (Å²) in [7, 11) is 0. The van der Waals surface area contributed by atoms with Crippen LogP contribution in [0.25, 0.3) is 0 Å². The van der Waals surface area contributed by atoms with Gasteiger partial charge in [0.05, 0.1) is 17.8 Å². The molecule has 1 aliphatic carbocycles. The summed E-state index contributed by atoms with van der Waals surface area (Å²) in [6.45, 7) is 15.1. The molecule has 23 heavy (non-hydrogen) atoms. The number of anilines is 1. The van der Waals surface area contributed by atoms with E-state index in [0.717, 1.165) is 11.5 Å². The molecule has 1 saturated carbocycles. The van der Waals surface area contributed by atoms with Crippen LogP contribution in [-0.2, 0) is 20.5 Å². The van der Waals surface area contributed by atoms with E-state index < -0.39 is 6.10 Å². The first-order chi connectivity index (χ1) is 10.5. The number of aromatic nitrogens is 2. The molecular weight excluding hydrogens is 290 g/mol. The topological polar surface area (TPSA) is 56.1 Å². The summed E-state index contributed by atoms with van der Waals surface area (Å²) in [6, 6.07) is 1.97. The molecule has 5 nitrogen and oxygen atoms in total. The summed E-state index contributed by atoms with van der Waals surface area (Å²) in [5.41, 5.74) is 0.697. The maximum atomic E-state index is 12.4. The zero-order chi connectivity index (χ0) is 17.4. The third-order valence-corrected chi connectivity index (χ3v) is 4.01. The molecule has 1 aliphatic rings. The Morgan fingerprint density at radius 1 is 1.35 bits per heavy atom. The molecule has 5 heteroatoms. The van der Waals surface area contributed by atoms with E-state index in [1.165, 1.54) is 12.8 Å². The highest BCUT2D eigenvalue weighted by molar-refractivity contribution is 5.93. The van der Waals surface area contributed by atoms with Crippen LogP contribution in [0.15, 0.2) is 6.07 Å². The molecule has 0 radical (unpaired) electrons. The van der Waals surface area contributed by atoms with Gasteiger partial charge in [0.15, 0.2) is 0 Å². The summed E-state index contributed by atoms with van der Waals surface area (Å²) in [5.74, 6) is 1.27. The van der Waals surface area contributed by atoms with Crippen molar-refractivity contribution >= 4 is 11.7 Å². The van der Waals surface area contributed by atoms with Crippen LogP contribution >= 0.6 is 0 Å². The van der Waals surface area contributed by atoms with Gasteiger partial charge in [-0.05, 0) is 46.5 Å². The average Bonchev–Trinajstić information content (AvgIpc) is 3.11. The van der Waals surface area contributed by atoms with E-state index in [9.17, 15) is 4.79 Å². The van der Waals surface area contributed by atoms with Gasteiger partial charge in [-0.1, -0.05) is 20.8 Å². The van der Waals surface area contributed by atoms with Crippen molar-refractivity contribution in [3.8, 4) is 0 Å². The molecule has 1 aromatic rings. The normalized spacial score (nSPS) is 17.2. The van der Waals surface area contributed by atoms with Crippen LogP contribution in [0.4, 0.5) is 5.82 Å². The van der Waals surface area contributed by atoms with Crippen molar-refractivity contribution in [2.45, 2.75) is 78.4 Å². The van der Waals surface area contributed by atoms with Gasteiger partial charge in [-0.25, -0.2) is 4.68 Å². The molecule has 1 atom stereocenters. The van der Waals surface area contributed by atoms with Gasteiger partial charge in [-0.3, -0.25) is 4.79 Å². The molecule has 1 aromatic heterocycles. The van der Waals surface area contributed by atoms with Gasteiger partial charge in [0, 0.05) is 11.5 Å². The summed E-state index contributed by atoms with van der Waals surface area (Å²) in [5, 5.41) is 7.70. The molecule has 0 spiro atoms. The third-order valence-electron chi connectivity index (χ3n) is 4.01. The number of nitrogens with one attached hydrogen (secondary N) is 1. The Morgan fingerprint density at radius 3 is 2.43 bits per heavy atom. The molecule has 0 aliphatic heterocycles. The molecule has 1 fully saturated rings. The number of hydrogen-bond donors (Lipinski definition) is 1. The molecule has 2 rings (SSSR count). The standard InChI is InChI=1S/C18H31N3O2/c1-12(23-11-13-8-9-13)16(22)19-15-10-14(17(2,3)4)20-21(15)18(5,6)7/h10,12-13H,8-9,11H2,1-7H3,(H,19,22). The summed E-state index contributed by atoms with van der Waals surface area (Å²) >= 11 is 0. The lowest BCUT2D eigenvalue weighted by Gasteiger charge is -2.23. The molecular formula is C18H31N3O2. The lowest BCUT2D eigenvalue weighted by Crippen LogP contribution is -2.32. The van der Waals surface area contributed by atoms with Crippen molar-refractivity contribution in [3.05, 3.63) is 11.8 Å². The van der Waals surface area contributed by atoms with Gasteiger partial charge < -0.3 is 10.1 Å². The molecule has 1 amide bonds. The fourth-order valence-corrected chi connectivity index (χ4v) is 2.22. The first-order valence-corrected chi connectivity index (χ1v) is 8.52. The third kappa shape index (κ3) is 4.80. The number of amides is 1. The van der Waals surface area contributed by atoms with Crippen LogP contribution in [0.2, 0.25) is 0 Å². The smallest absolute Gasteiger partial charge is 0.254 e. The highest BCUT2D eigenvalue weighted by atomic mass is 16.5. The Labute approximate surface area is 139 Å². The number of carbonyl (C=O) groups is 1. The lowest BCUT2D eigenvalue weighted by molar-refractivity contribution is -0.126. The van der Waals surface area contributed by atoms with Crippen LogP contribution in [-0.4, -0.2) is 28.4 Å². The zero-order valence-electron chi connectivity index (χ0n) is 15.6. The van der Waals surface area contributed by atoms with E-state index in [4.69, 9.17) is 9.84 Å². The zero-order valence-corrected chi connectivity index (χ0v) is 15.6. The Bertz CT molecular complexity index is 560. The highest BCUT2D eigenvalue weighted by Gasteiger charge is 2.28. The number of hydrogen-bond acceptors (Lipinski definition) is 3. The maximum Gasteiger partial charge on any atom is 0.254 e. The Balaban J connectivity index is 2.13. The van der Waals surface area contributed by atoms with E-state index in [-0.39, 0.29) is 16.9 Å². The van der Waals surface area contributed by atoms with Crippen LogP contribution < -0.4 is 5.32 Å². The second-order valence-corrected chi connectivity index (χ2v) is 8.66. The molecule has 1 N–H and O–H groups in total. The largest absolute Gasteiger partial charge is 0.368 e. The fraction of sp³-hybridized carbons (Fsp3) is 0.778. The Kier molecular flexibility index (Phi) is 4.90. The predicted molar refractivity (Wildman–Crippen MR) is 92.7 cm³/mol. The first-order valence-electron chi connectivity index (χ1n) is 8.52. The minimum atomic E-state index is -0.447. The minimum Gasteiger partial charge on any atom is -0.368 e. The van der Waals surface area contributed by atoms with Gasteiger partial charge in [0.25, 0.3) is 5.91 Å². The monoisotopic (exact) mass is 321 g/mol. The van der Waals surface area contributed by atoms with Crippen molar-refractivity contribution in [2.24, 2.45) is 5.92 Å². The second kappa shape index (κ2) is 6.27. The Hall–Kier alpha value is -1.36. The van der Waals surface area contributed by atoms with Crippen LogP contribution in [0.1, 0.15) is 67.0 Å². The predicted octanol–water partition coefficient (Wildman–Crippen LogP) is 3.69. The van der Waals surface area contributed by atoms with Crippen LogP contribution in [0.3, 0.4) is 0 Å². The summed E-state index contributed by atoms with van der Waals surface area (Å²) < 4.78 is 7.55. The summed E-state index contributed by atoms with van der Waals surface area (Å²) in [4.78, 5) is 12.4. The molecule has 0 aromatic carbocycles. The van der Waals surface area contributed by atoms with Crippen LogP contribution in [0.5, 0.6) is 0 Å². The van der Waals surface area contributed by atoms with Gasteiger partial charge in [0.2, 0.25) is 0 Å². The minimum absolute atomic E-state index is 0.0654. The van der Waals surface area contributed by atoms with Crippen molar-refractivity contribution in [3.63, 3.8) is 0 Å². The van der Waals surface area contributed by atoms with E-state index in [0.29, 0.717) is 12.5 Å². The first kappa shape index (κ1) is 18.0. The van der Waals surface area contributed by atoms with Crippen molar-refractivity contribution in [2.75, 3.05) is 11.9 Å². The number of rotatable bonds is 5. The second-order valence-electron chi connectivity index (χ2n) is 8.66. The van der Waals surface area contributed by atoms with Gasteiger partial charge in [-0.15, -0.1) is 0 Å². The molecule has 1 heterocycles. The molecule has 130 valence electrons. The van der Waals surface area contributed by atoms with E-state index in [1.807, 2.05) is 10.7 Å². The summed E-state index contributed by atoms with van der Waals surface area (Å²) in [6.07, 6.45) is 2.00. The number of carbonyl (C=O) groups excluding carboxylic acids is 1. The quantitative estimate of drug-likeness (QED) is 0.900. The van der Waals surface area contributed by atoms with E-state index in [2.05, 4.69) is 46.9 Å². The highest BCUT2D eigenvalue weighted by Crippen LogP contribution is 2.30. The van der Waals surface area contributed by atoms with E-state index >= 15 is 0 Å².